The van der Waals surface area contributed by atoms with E-state index in [4.69, 9.17) is 21.1 Å². The lowest BCUT2D eigenvalue weighted by molar-refractivity contribution is 0.400. The number of ether oxygens (including phenoxy) is 2. The Morgan fingerprint density at radius 2 is 2.00 bits per heavy atom. The standard InChI is InChI=1S/C6H6ClIO2S/c1-9-4-3(8)6(10-2)11-5(4)7/h1-2H3. The quantitative estimate of drug-likeness (QED) is 0.782. The highest BCUT2D eigenvalue weighted by atomic mass is 127. The molecule has 0 aliphatic carbocycles. The van der Waals surface area contributed by atoms with Gasteiger partial charge in [-0.1, -0.05) is 22.9 Å². The summed E-state index contributed by atoms with van der Waals surface area (Å²) in [7, 11) is 3.21. The Bertz CT molecular complexity index is 261. The molecule has 11 heavy (non-hydrogen) atoms. The predicted octanol–water partition coefficient (Wildman–Crippen LogP) is 3.02. The molecule has 0 unspecified atom stereocenters. The summed E-state index contributed by atoms with van der Waals surface area (Å²) >= 11 is 9.35. The molecule has 0 atom stereocenters. The largest absolute Gasteiger partial charge is 0.493 e. The van der Waals surface area contributed by atoms with Gasteiger partial charge in [-0.3, -0.25) is 0 Å². The second-order valence-corrected chi connectivity index (χ2v) is 4.38. The van der Waals surface area contributed by atoms with E-state index in [-0.39, 0.29) is 0 Å². The summed E-state index contributed by atoms with van der Waals surface area (Å²) in [4.78, 5) is 0. The average Bonchev–Trinajstić information content (AvgIpc) is 2.26. The molecule has 0 aliphatic rings. The van der Waals surface area contributed by atoms with Crippen LogP contribution in [0.5, 0.6) is 10.8 Å². The number of rotatable bonds is 2. The van der Waals surface area contributed by atoms with Crippen LogP contribution < -0.4 is 9.47 Å². The zero-order valence-corrected chi connectivity index (χ0v) is 9.71. The summed E-state index contributed by atoms with van der Waals surface area (Å²) in [6.07, 6.45) is 0. The van der Waals surface area contributed by atoms with Crippen molar-refractivity contribution in [3.05, 3.63) is 7.91 Å². The molecule has 1 heterocycles. The van der Waals surface area contributed by atoms with Crippen molar-refractivity contribution in [1.82, 2.24) is 0 Å². The third kappa shape index (κ3) is 1.73. The van der Waals surface area contributed by atoms with E-state index in [1.165, 1.54) is 11.3 Å². The number of hydrogen-bond acceptors (Lipinski definition) is 3. The Morgan fingerprint density at radius 1 is 1.36 bits per heavy atom. The van der Waals surface area contributed by atoms with E-state index in [1.807, 2.05) is 0 Å². The Labute approximate surface area is 87.6 Å². The van der Waals surface area contributed by atoms with Gasteiger partial charge in [-0.05, 0) is 22.6 Å². The fourth-order valence-corrected chi connectivity index (χ4v) is 3.12. The molecule has 1 aromatic rings. The van der Waals surface area contributed by atoms with Gasteiger partial charge in [0.15, 0.2) is 10.8 Å². The van der Waals surface area contributed by atoms with Crippen LogP contribution in [0.3, 0.4) is 0 Å². The van der Waals surface area contributed by atoms with Crippen LogP contribution in [0.15, 0.2) is 0 Å². The highest BCUT2D eigenvalue weighted by Gasteiger charge is 2.15. The van der Waals surface area contributed by atoms with Crippen molar-refractivity contribution in [2.24, 2.45) is 0 Å². The van der Waals surface area contributed by atoms with Gasteiger partial charge in [0.2, 0.25) is 0 Å². The third-order valence-corrected chi connectivity index (χ3v) is 3.80. The van der Waals surface area contributed by atoms with E-state index in [2.05, 4.69) is 22.6 Å². The van der Waals surface area contributed by atoms with Gasteiger partial charge in [-0.15, -0.1) is 0 Å². The molecule has 62 valence electrons. The number of halogens is 2. The van der Waals surface area contributed by atoms with Crippen molar-refractivity contribution in [2.75, 3.05) is 14.2 Å². The summed E-state index contributed by atoms with van der Waals surface area (Å²) in [5.74, 6) is 0.703. The first-order valence-electron chi connectivity index (χ1n) is 2.76. The van der Waals surface area contributed by atoms with E-state index in [1.54, 1.807) is 14.2 Å². The fraction of sp³-hybridized carbons (Fsp3) is 0.333. The lowest BCUT2D eigenvalue weighted by Gasteiger charge is -1.96. The molecule has 5 heteroatoms. The van der Waals surface area contributed by atoms with E-state index in [0.717, 1.165) is 8.63 Å². The van der Waals surface area contributed by atoms with Crippen molar-refractivity contribution >= 4 is 45.5 Å². The van der Waals surface area contributed by atoms with Crippen LogP contribution in [-0.4, -0.2) is 14.2 Å². The zero-order valence-electron chi connectivity index (χ0n) is 5.98. The Kier molecular flexibility index (Phi) is 3.27. The number of thiophene rings is 1. The van der Waals surface area contributed by atoms with Gasteiger partial charge in [0.05, 0.1) is 14.2 Å². The summed E-state index contributed by atoms with van der Waals surface area (Å²) in [5.41, 5.74) is 0. The van der Waals surface area contributed by atoms with E-state index in [9.17, 15) is 0 Å². The van der Waals surface area contributed by atoms with Crippen molar-refractivity contribution in [2.45, 2.75) is 0 Å². The minimum atomic E-state index is 0.633. The van der Waals surface area contributed by atoms with Gasteiger partial charge in [-0.2, -0.15) is 0 Å². The highest BCUT2D eigenvalue weighted by Crippen LogP contribution is 2.44. The molecule has 0 amide bonds. The molecule has 1 aromatic heterocycles. The van der Waals surface area contributed by atoms with E-state index < -0.39 is 0 Å². The first kappa shape index (κ1) is 9.41. The van der Waals surface area contributed by atoms with Gasteiger partial charge in [0, 0.05) is 0 Å². The summed E-state index contributed by atoms with van der Waals surface area (Å²) < 4.78 is 11.7. The lowest BCUT2D eigenvalue weighted by Crippen LogP contribution is -1.84. The normalized spacial score (nSPS) is 9.82. The summed E-state index contributed by atoms with van der Waals surface area (Å²) in [6.45, 7) is 0. The first-order valence-corrected chi connectivity index (χ1v) is 5.03. The third-order valence-electron chi connectivity index (χ3n) is 1.13. The van der Waals surface area contributed by atoms with Crippen LogP contribution in [0, 0.1) is 3.57 Å². The Morgan fingerprint density at radius 3 is 2.27 bits per heavy atom. The summed E-state index contributed by atoms with van der Waals surface area (Å²) in [5, 5.41) is 0.799. The molecule has 0 bridgehead atoms. The van der Waals surface area contributed by atoms with Crippen LogP contribution in [0.4, 0.5) is 0 Å². The van der Waals surface area contributed by atoms with Crippen LogP contribution >= 0.6 is 45.5 Å². The molecule has 2 nitrogen and oxygen atoms in total. The maximum absolute atomic E-state index is 5.84. The van der Waals surface area contributed by atoms with Crippen molar-refractivity contribution in [3.63, 3.8) is 0 Å². The van der Waals surface area contributed by atoms with Gasteiger partial charge in [-0.25, -0.2) is 0 Å². The van der Waals surface area contributed by atoms with Gasteiger partial charge in [0.25, 0.3) is 0 Å². The van der Waals surface area contributed by atoms with Gasteiger partial charge in [0.1, 0.15) is 7.91 Å². The molecule has 0 saturated heterocycles. The molecule has 0 spiro atoms. The molecular weight excluding hydrogens is 298 g/mol. The average molecular weight is 305 g/mol. The predicted molar refractivity (Wildman–Crippen MR) is 55.2 cm³/mol. The van der Waals surface area contributed by atoms with Crippen LogP contribution in [-0.2, 0) is 0 Å². The molecule has 0 fully saturated rings. The molecule has 0 N–H and O–H groups in total. The van der Waals surface area contributed by atoms with Crippen LogP contribution in [0.25, 0.3) is 0 Å². The first-order chi connectivity index (χ1) is 5.20. The number of hydrogen-bond donors (Lipinski definition) is 0. The van der Waals surface area contributed by atoms with E-state index >= 15 is 0 Å². The lowest BCUT2D eigenvalue weighted by atomic mass is 10.6. The molecule has 0 radical (unpaired) electrons. The van der Waals surface area contributed by atoms with Crippen LogP contribution in [0.2, 0.25) is 4.34 Å². The van der Waals surface area contributed by atoms with E-state index in [0.29, 0.717) is 10.1 Å². The fourth-order valence-electron chi connectivity index (χ4n) is 0.653. The van der Waals surface area contributed by atoms with Gasteiger partial charge < -0.3 is 9.47 Å². The van der Waals surface area contributed by atoms with Crippen molar-refractivity contribution in [1.29, 1.82) is 0 Å². The van der Waals surface area contributed by atoms with Crippen molar-refractivity contribution in [3.8, 4) is 10.8 Å². The molecule has 0 aromatic carbocycles. The van der Waals surface area contributed by atoms with Gasteiger partial charge >= 0.3 is 0 Å². The topological polar surface area (TPSA) is 18.5 Å². The molecule has 0 saturated carbocycles. The van der Waals surface area contributed by atoms with Crippen molar-refractivity contribution < 1.29 is 9.47 Å². The minimum absolute atomic E-state index is 0.633. The second-order valence-electron chi connectivity index (χ2n) is 1.71. The van der Waals surface area contributed by atoms with Crippen LogP contribution in [0.1, 0.15) is 0 Å². The monoisotopic (exact) mass is 304 g/mol. The SMILES string of the molecule is COc1sc(Cl)c(OC)c1I. The molecule has 1 rings (SSSR count). The molecule has 0 aliphatic heterocycles. The number of methoxy groups -OCH3 is 2. The summed E-state index contributed by atoms with van der Waals surface area (Å²) in [6, 6.07) is 0. The second kappa shape index (κ2) is 3.82. The highest BCUT2D eigenvalue weighted by molar-refractivity contribution is 14.1. The Hall–Kier alpha value is 0.320. The molecular formula is C6H6ClIO2S. The Balaban J connectivity index is 3.14. The smallest absolute Gasteiger partial charge is 0.192 e. The maximum atomic E-state index is 5.84. The zero-order chi connectivity index (χ0) is 8.43. The minimum Gasteiger partial charge on any atom is -0.493 e. The maximum Gasteiger partial charge on any atom is 0.192 e.